The Hall–Kier alpha value is -1.50. The van der Waals surface area contributed by atoms with Gasteiger partial charge in [0.05, 0.1) is 0 Å². The van der Waals surface area contributed by atoms with Crippen LogP contribution in [0.15, 0.2) is 24.3 Å². The number of nitrogens with zero attached hydrogens (tertiary/aromatic N) is 1. The Balaban J connectivity index is 1.45. The molecule has 1 amide bonds. The molecule has 1 aromatic carbocycles. The second-order valence-corrected chi connectivity index (χ2v) is 7.06. The smallest absolute Gasteiger partial charge is 0.238 e. The Kier molecular flexibility index (Phi) is 5.81. The number of likely N-dealkylation sites (tertiary alicyclic amines) is 1. The molecule has 0 bridgehead atoms. The molecule has 1 aromatic rings. The van der Waals surface area contributed by atoms with Crippen LogP contribution in [0, 0.1) is 11.7 Å². The van der Waals surface area contributed by atoms with Crippen molar-refractivity contribution in [1.82, 2.24) is 21.1 Å². The second-order valence-electron chi connectivity index (χ2n) is 7.06. The lowest BCUT2D eigenvalue weighted by molar-refractivity contribution is -0.123. The SMILES string of the molecule is CC1CC(C(=O)NCC2CCCN(Cc3ccccc3F)C2)NN1. The van der Waals surface area contributed by atoms with Crippen LogP contribution >= 0.6 is 0 Å². The quantitative estimate of drug-likeness (QED) is 0.762. The fourth-order valence-electron chi connectivity index (χ4n) is 3.58. The highest BCUT2D eigenvalue weighted by molar-refractivity contribution is 5.82. The van der Waals surface area contributed by atoms with E-state index in [4.69, 9.17) is 0 Å². The van der Waals surface area contributed by atoms with Crippen LogP contribution < -0.4 is 16.2 Å². The molecular weight excluding hydrogens is 307 g/mol. The van der Waals surface area contributed by atoms with E-state index < -0.39 is 0 Å². The fourth-order valence-corrected chi connectivity index (χ4v) is 3.58. The molecule has 2 aliphatic heterocycles. The summed E-state index contributed by atoms with van der Waals surface area (Å²) in [7, 11) is 0. The zero-order chi connectivity index (χ0) is 16.9. The van der Waals surface area contributed by atoms with Crippen LogP contribution in [-0.2, 0) is 11.3 Å². The zero-order valence-electron chi connectivity index (χ0n) is 14.2. The van der Waals surface area contributed by atoms with Crippen LogP contribution in [0.2, 0.25) is 0 Å². The number of piperidine rings is 1. The third-order valence-corrected chi connectivity index (χ3v) is 4.93. The molecule has 2 saturated heterocycles. The molecule has 3 rings (SSSR count). The summed E-state index contributed by atoms with van der Waals surface area (Å²) in [6.07, 6.45) is 3.02. The molecule has 3 atom stereocenters. The van der Waals surface area contributed by atoms with Gasteiger partial charge in [-0.1, -0.05) is 18.2 Å². The molecule has 3 N–H and O–H groups in total. The highest BCUT2D eigenvalue weighted by Crippen LogP contribution is 2.19. The van der Waals surface area contributed by atoms with E-state index in [9.17, 15) is 9.18 Å². The van der Waals surface area contributed by atoms with Crippen molar-refractivity contribution >= 4 is 5.91 Å². The first-order valence-electron chi connectivity index (χ1n) is 8.86. The molecule has 0 aliphatic carbocycles. The number of nitrogens with one attached hydrogen (secondary N) is 3. The van der Waals surface area contributed by atoms with Gasteiger partial charge in [-0.3, -0.25) is 15.1 Å². The maximum absolute atomic E-state index is 13.8. The van der Waals surface area contributed by atoms with Crippen LogP contribution in [0.25, 0.3) is 0 Å². The van der Waals surface area contributed by atoms with Crippen LogP contribution in [0.1, 0.15) is 31.7 Å². The first kappa shape index (κ1) is 17.3. The number of hydrogen-bond donors (Lipinski definition) is 3. The number of amides is 1. The summed E-state index contributed by atoms with van der Waals surface area (Å²) in [6, 6.07) is 7.15. The van der Waals surface area contributed by atoms with Crippen molar-refractivity contribution < 1.29 is 9.18 Å². The van der Waals surface area contributed by atoms with Crippen molar-refractivity contribution in [3.8, 4) is 0 Å². The summed E-state index contributed by atoms with van der Waals surface area (Å²) in [4.78, 5) is 14.5. The second kappa shape index (κ2) is 8.05. The summed E-state index contributed by atoms with van der Waals surface area (Å²) in [5, 5.41) is 3.07. The molecule has 2 fully saturated rings. The lowest BCUT2D eigenvalue weighted by Gasteiger charge is -2.33. The van der Waals surface area contributed by atoms with Gasteiger partial charge in [0, 0.05) is 31.2 Å². The topological polar surface area (TPSA) is 56.4 Å². The lowest BCUT2D eigenvalue weighted by atomic mass is 9.97. The van der Waals surface area contributed by atoms with Crippen molar-refractivity contribution in [1.29, 1.82) is 0 Å². The molecule has 2 heterocycles. The summed E-state index contributed by atoms with van der Waals surface area (Å²) < 4.78 is 13.8. The third-order valence-electron chi connectivity index (χ3n) is 4.93. The van der Waals surface area contributed by atoms with Gasteiger partial charge in [-0.15, -0.1) is 0 Å². The van der Waals surface area contributed by atoms with Crippen LogP contribution in [0.4, 0.5) is 4.39 Å². The molecule has 132 valence electrons. The van der Waals surface area contributed by atoms with E-state index in [0.717, 1.165) is 37.9 Å². The van der Waals surface area contributed by atoms with E-state index in [2.05, 4.69) is 28.0 Å². The fraction of sp³-hybridized carbons (Fsp3) is 0.611. The van der Waals surface area contributed by atoms with Gasteiger partial charge in [-0.05, 0) is 44.7 Å². The Labute approximate surface area is 143 Å². The summed E-state index contributed by atoms with van der Waals surface area (Å²) >= 11 is 0. The van der Waals surface area contributed by atoms with Gasteiger partial charge < -0.3 is 5.32 Å². The normalized spacial score (nSPS) is 28.0. The Morgan fingerprint density at radius 2 is 2.21 bits per heavy atom. The van der Waals surface area contributed by atoms with E-state index in [-0.39, 0.29) is 17.8 Å². The predicted octanol–water partition coefficient (Wildman–Crippen LogP) is 1.41. The van der Waals surface area contributed by atoms with Crippen molar-refractivity contribution in [2.45, 2.75) is 44.8 Å². The molecule has 0 radical (unpaired) electrons. The number of carbonyl (C=O) groups excluding carboxylic acids is 1. The summed E-state index contributed by atoms with van der Waals surface area (Å²) in [5.41, 5.74) is 6.85. The van der Waals surface area contributed by atoms with Crippen LogP contribution in [-0.4, -0.2) is 42.5 Å². The molecule has 3 unspecified atom stereocenters. The standard InChI is InChI=1S/C18H27FN4O/c1-13-9-17(22-21-13)18(24)20-10-14-5-4-8-23(11-14)12-15-6-2-3-7-16(15)19/h2-3,6-7,13-14,17,21-22H,4-5,8-12H2,1H3,(H,20,24). The maximum atomic E-state index is 13.8. The van der Waals surface area contributed by atoms with Gasteiger partial charge in [-0.2, -0.15) is 0 Å². The first-order chi connectivity index (χ1) is 11.6. The highest BCUT2D eigenvalue weighted by atomic mass is 19.1. The Morgan fingerprint density at radius 3 is 2.96 bits per heavy atom. The molecule has 0 spiro atoms. The number of hydrogen-bond acceptors (Lipinski definition) is 4. The minimum Gasteiger partial charge on any atom is -0.354 e. The molecule has 6 heteroatoms. The number of benzene rings is 1. The van der Waals surface area contributed by atoms with Gasteiger partial charge in [-0.25, -0.2) is 9.82 Å². The summed E-state index contributed by atoms with van der Waals surface area (Å²) in [5.74, 6) is 0.362. The molecule has 0 saturated carbocycles. The van der Waals surface area contributed by atoms with E-state index in [0.29, 0.717) is 25.0 Å². The molecule has 5 nitrogen and oxygen atoms in total. The van der Waals surface area contributed by atoms with E-state index in [1.807, 2.05) is 12.1 Å². The number of hydrazine groups is 1. The monoisotopic (exact) mass is 334 g/mol. The average Bonchev–Trinajstić information content (AvgIpc) is 3.02. The van der Waals surface area contributed by atoms with Crippen molar-refractivity contribution in [3.05, 3.63) is 35.6 Å². The molecule has 2 aliphatic rings. The number of carbonyl (C=O) groups is 1. The van der Waals surface area contributed by atoms with E-state index in [1.54, 1.807) is 6.07 Å². The minimum absolute atomic E-state index is 0.0677. The van der Waals surface area contributed by atoms with Crippen LogP contribution in [0.5, 0.6) is 0 Å². The lowest BCUT2D eigenvalue weighted by Crippen LogP contribution is -2.46. The third kappa shape index (κ3) is 4.53. The minimum atomic E-state index is -0.141. The molecule has 0 aromatic heterocycles. The zero-order valence-corrected chi connectivity index (χ0v) is 14.2. The number of halogens is 1. The maximum Gasteiger partial charge on any atom is 0.238 e. The van der Waals surface area contributed by atoms with Gasteiger partial charge in [0.25, 0.3) is 0 Å². The van der Waals surface area contributed by atoms with Crippen molar-refractivity contribution in [3.63, 3.8) is 0 Å². The first-order valence-corrected chi connectivity index (χ1v) is 8.86. The van der Waals surface area contributed by atoms with Gasteiger partial charge in [0.1, 0.15) is 11.9 Å². The van der Waals surface area contributed by atoms with E-state index in [1.165, 1.54) is 6.07 Å². The Bertz CT molecular complexity index is 568. The van der Waals surface area contributed by atoms with Gasteiger partial charge >= 0.3 is 0 Å². The largest absolute Gasteiger partial charge is 0.354 e. The molecule has 24 heavy (non-hydrogen) atoms. The number of rotatable bonds is 5. The highest BCUT2D eigenvalue weighted by Gasteiger charge is 2.27. The predicted molar refractivity (Wildman–Crippen MR) is 91.5 cm³/mol. The molecular formula is C18H27FN4O. The Morgan fingerprint density at radius 1 is 1.38 bits per heavy atom. The summed E-state index contributed by atoms with van der Waals surface area (Å²) in [6.45, 7) is 5.29. The van der Waals surface area contributed by atoms with Crippen LogP contribution in [0.3, 0.4) is 0 Å². The van der Waals surface area contributed by atoms with E-state index >= 15 is 0 Å². The average molecular weight is 334 g/mol. The van der Waals surface area contributed by atoms with Gasteiger partial charge in [0.15, 0.2) is 0 Å². The van der Waals surface area contributed by atoms with Crippen molar-refractivity contribution in [2.75, 3.05) is 19.6 Å². The van der Waals surface area contributed by atoms with Crippen molar-refractivity contribution in [2.24, 2.45) is 5.92 Å². The van der Waals surface area contributed by atoms with Gasteiger partial charge in [0.2, 0.25) is 5.91 Å².